The molecule has 0 saturated carbocycles. The first-order valence-corrected chi connectivity index (χ1v) is 8.29. The minimum Gasteiger partial charge on any atom is -0.253 e. The smallest absolute Gasteiger partial charge is 0.204 e. The topological polar surface area (TPSA) is 37.3 Å². The van der Waals surface area contributed by atoms with Gasteiger partial charge in [0.05, 0.1) is 16.8 Å². The molecule has 106 valence electrons. The van der Waals surface area contributed by atoms with Crippen LogP contribution >= 0.6 is 22.7 Å². The summed E-state index contributed by atoms with van der Waals surface area (Å²) in [5, 5.41) is 7.15. The molecule has 3 rings (SSSR count). The highest BCUT2D eigenvalue weighted by Crippen LogP contribution is 2.32. The summed E-state index contributed by atoms with van der Waals surface area (Å²) in [7, 11) is 0. The Labute approximate surface area is 132 Å². The van der Waals surface area contributed by atoms with Gasteiger partial charge < -0.3 is 0 Å². The molecule has 21 heavy (non-hydrogen) atoms. The Bertz CT molecular complexity index is 758. The molecule has 0 radical (unpaired) electrons. The van der Waals surface area contributed by atoms with Crippen LogP contribution in [0.25, 0.3) is 10.6 Å². The fourth-order valence-electron chi connectivity index (χ4n) is 2.00. The average molecular weight is 313 g/mol. The molecule has 1 N–H and O–H groups in total. The van der Waals surface area contributed by atoms with E-state index in [0.29, 0.717) is 0 Å². The molecule has 0 bridgehead atoms. The quantitative estimate of drug-likeness (QED) is 0.547. The number of benzene rings is 1. The Balaban J connectivity index is 1.73. The van der Waals surface area contributed by atoms with Crippen molar-refractivity contribution in [2.24, 2.45) is 5.10 Å². The van der Waals surface area contributed by atoms with Gasteiger partial charge in [-0.1, -0.05) is 35.9 Å². The largest absolute Gasteiger partial charge is 0.253 e. The van der Waals surface area contributed by atoms with Gasteiger partial charge in [-0.25, -0.2) is 4.98 Å². The van der Waals surface area contributed by atoms with Crippen molar-refractivity contribution in [1.29, 1.82) is 0 Å². The first-order valence-electron chi connectivity index (χ1n) is 6.59. The van der Waals surface area contributed by atoms with E-state index in [1.54, 1.807) is 22.7 Å². The minimum absolute atomic E-state index is 0.819. The number of nitrogens with one attached hydrogen (secondary N) is 1. The van der Waals surface area contributed by atoms with E-state index in [4.69, 9.17) is 0 Å². The second-order valence-corrected chi connectivity index (χ2v) is 6.84. The lowest BCUT2D eigenvalue weighted by molar-refractivity contribution is 1.28. The number of anilines is 1. The summed E-state index contributed by atoms with van der Waals surface area (Å²) >= 11 is 3.33. The number of thiophene rings is 1. The molecule has 2 heterocycles. The van der Waals surface area contributed by atoms with E-state index in [1.807, 2.05) is 24.4 Å². The lowest BCUT2D eigenvalue weighted by Crippen LogP contribution is -1.90. The van der Waals surface area contributed by atoms with E-state index < -0.39 is 0 Å². The second kappa shape index (κ2) is 6.20. The molecule has 0 aliphatic carbocycles. The van der Waals surface area contributed by atoms with Crippen LogP contribution < -0.4 is 5.43 Å². The van der Waals surface area contributed by atoms with Crippen molar-refractivity contribution >= 4 is 34.0 Å². The van der Waals surface area contributed by atoms with Gasteiger partial charge in [-0.05, 0) is 30.9 Å². The normalized spacial score (nSPS) is 11.1. The molecule has 0 saturated heterocycles. The van der Waals surface area contributed by atoms with Crippen LogP contribution in [0.3, 0.4) is 0 Å². The van der Waals surface area contributed by atoms with Crippen LogP contribution in [0.2, 0.25) is 0 Å². The summed E-state index contributed by atoms with van der Waals surface area (Å²) in [6.07, 6.45) is 1.81. The molecular weight excluding hydrogens is 298 g/mol. The molecule has 5 heteroatoms. The minimum atomic E-state index is 0.819. The predicted molar refractivity (Wildman–Crippen MR) is 92.6 cm³/mol. The molecule has 0 unspecified atom stereocenters. The molecule has 3 nitrogen and oxygen atoms in total. The van der Waals surface area contributed by atoms with E-state index >= 15 is 0 Å². The third-order valence-electron chi connectivity index (χ3n) is 2.97. The number of rotatable bonds is 4. The average Bonchev–Trinajstić information content (AvgIpc) is 3.08. The predicted octanol–water partition coefficient (Wildman–Crippen LogP) is 4.93. The molecule has 2 aromatic heterocycles. The van der Waals surface area contributed by atoms with Crippen LogP contribution in [0.15, 0.2) is 46.9 Å². The Kier molecular flexibility index (Phi) is 4.13. The molecule has 1 aromatic carbocycles. The van der Waals surface area contributed by atoms with Gasteiger partial charge in [0.2, 0.25) is 5.13 Å². The number of nitrogens with zero attached hydrogens (tertiary/aromatic N) is 2. The zero-order chi connectivity index (χ0) is 14.7. The van der Waals surface area contributed by atoms with Gasteiger partial charge in [-0.15, -0.1) is 22.7 Å². The van der Waals surface area contributed by atoms with E-state index in [9.17, 15) is 0 Å². The molecule has 0 amide bonds. The van der Waals surface area contributed by atoms with Gasteiger partial charge in [0, 0.05) is 4.88 Å². The maximum absolute atomic E-state index is 4.61. The number of hydrogen-bond acceptors (Lipinski definition) is 5. The molecule has 3 aromatic rings. The first kappa shape index (κ1) is 14.0. The highest BCUT2D eigenvalue weighted by Gasteiger charge is 2.09. The lowest BCUT2D eigenvalue weighted by Gasteiger charge is -1.96. The summed E-state index contributed by atoms with van der Waals surface area (Å²) in [6.45, 7) is 4.16. The first-order chi connectivity index (χ1) is 10.2. The number of aryl methyl sites for hydroxylation is 2. The molecule has 0 aliphatic rings. The maximum Gasteiger partial charge on any atom is 0.204 e. The van der Waals surface area contributed by atoms with Crippen molar-refractivity contribution in [3.8, 4) is 10.6 Å². The second-order valence-electron chi connectivity index (χ2n) is 4.69. The van der Waals surface area contributed by atoms with Gasteiger partial charge in [0.1, 0.15) is 0 Å². The van der Waals surface area contributed by atoms with Crippen LogP contribution in [-0.4, -0.2) is 11.2 Å². The standard InChI is InChI=1S/C16H15N3S2/c1-11-5-3-6-13(9-11)10-17-19-16-18-15(12(2)21-16)14-7-4-8-20-14/h3-10H,1-2H3,(H,18,19)/b17-10-. The summed E-state index contributed by atoms with van der Waals surface area (Å²) < 4.78 is 0. The van der Waals surface area contributed by atoms with Crippen LogP contribution in [-0.2, 0) is 0 Å². The van der Waals surface area contributed by atoms with E-state index in [1.165, 1.54) is 15.3 Å². The Hall–Kier alpha value is -1.98. The van der Waals surface area contributed by atoms with Crippen molar-refractivity contribution < 1.29 is 0 Å². The number of hydrogen-bond donors (Lipinski definition) is 1. The fourth-order valence-corrected chi connectivity index (χ4v) is 3.61. The molecule has 0 aliphatic heterocycles. The Morgan fingerprint density at radius 1 is 1.19 bits per heavy atom. The van der Waals surface area contributed by atoms with Gasteiger partial charge in [-0.2, -0.15) is 5.10 Å². The number of thiazole rings is 1. The molecule has 0 spiro atoms. The van der Waals surface area contributed by atoms with Crippen LogP contribution in [0.1, 0.15) is 16.0 Å². The zero-order valence-corrected chi connectivity index (χ0v) is 13.5. The molecule has 0 atom stereocenters. The Morgan fingerprint density at radius 3 is 2.86 bits per heavy atom. The van der Waals surface area contributed by atoms with E-state index in [0.717, 1.165) is 16.4 Å². The molecule has 0 fully saturated rings. The summed E-state index contributed by atoms with van der Waals surface area (Å²) in [5.41, 5.74) is 6.37. The van der Waals surface area contributed by atoms with Crippen molar-refractivity contribution in [2.75, 3.05) is 5.43 Å². The van der Waals surface area contributed by atoms with Crippen molar-refractivity contribution in [3.63, 3.8) is 0 Å². The monoisotopic (exact) mass is 313 g/mol. The van der Waals surface area contributed by atoms with Crippen molar-refractivity contribution in [2.45, 2.75) is 13.8 Å². The summed E-state index contributed by atoms with van der Waals surface area (Å²) in [5.74, 6) is 0. The van der Waals surface area contributed by atoms with Crippen molar-refractivity contribution in [3.05, 3.63) is 57.8 Å². The lowest BCUT2D eigenvalue weighted by atomic mass is 10.2. The fraction of sp³-hybridized carbons (Fsp3) is 0.125. The van der Waals surface area contributed by atoms with Gasteiger partial charge in [-0.3, -0.25) is 5.43 Å². The number of hydrazone groups is 1. The Morgan fingerprint density at radius 2 is 2.10 bits per heavy atom. The molecular formula is C16H15N3S2. The van der Waals surface area contributed by atoms with Gasteiger partial charge in [0.15, 0.2) is 0 Å². The van der Waals surface area contributed by atoms with E-state index in [-0.39, 0.29) is 0 Å². The third kappa shape index (κ3) is 3.37. The van der Waals surface area contributed by atoms with Gasteiger partial charge >= 0.3 is 0 Å². The summed E-state index contributed by atoms with van der Waals surface area (Å²) in [4.78, 5) is 7.00. The zero-order valence-electron chi connectivity index (χ0n) is 11.8. The SMILES string of the molecule is Cc1cccc(/C=N\Nc2nc(-c3cccs3)c(C)s2)c1. The van der Waals surface area contributed by atoms with Crippen molar-refractivity contribution in [1.82, 2.24) is 4.98 Å². The van der Waals surface area contributed by atoms with Crippen LogP contribution in [0, 0.1) is 13.8 Å². The summed E-state index contributed by atoms with van der Waals surface area (Å²) in [6, 6.07) is 12.4. The highest BCUT2D eigenvalue weighted by atomic mass is 32.1. The van der Waals surface area contributed by atoms with Crippen LogP contribution in [0.5, 0.6) is 0 Å². The third-order valence-corrected chi connectivity index (χ3v) is 4.72. The number of aromatic nitrogens is 1. The van der Waals surface area contributed by atoms with Gasteiger partial charge in [0.25, 0.3) is 0 Å². The van der Waals surface area contributed by atoms with Crippen LogP contribution in [0.4, 0.5) is 5.13 Å². The van der Waals surface area contributed by atoms with E-state index in [2.05, 4.69) is 52.9 Å². The maximum atomic E-state index is 4.61. The highest BCUT2D eigenvalue weighted by molar-refractivity contribution is 7.17.